The molecule has 1 saturated heterocycles. The minimum atomic E-state index is 0.387. The maximum Gasteiger partial charge on any atom is 0.248 e. The van der Waals surface area contributed by atoms with Crippen LogP contribution in [0.15, 0.2) is 36.7 Å². The number of nitrogens with zero attached hydrogens (tertiary/aromatic N) is 3. The first-order valence-corrected chi connectivity index (χ1v) is 12.5. The second-order valence-electron chi connectivity index (χ2n) is 8.57. The van der Waals surface area contributed by atoms with Crippen molar-refractivity contribution >= 4 is 28.8 Å². The highest BCUT2D eigenvalue weighted by molar-refractivity contribution is 6.32. The molecule has 0 atom stereocenters. The Morgan fingerprint density at radius 3 is 2.78 bits per heavy atom. The molecule has 3 aromatic rings. The van der Waals surface area contributed by atoms with E-state index in [0.29, 0.717) is 64.2 Å². The van der Waals surface area contributed by atoms with Crippen LogP contribution in [0, 0.1) is 0 Å². The Morgan fingerprint density at radius 1 is 1.11 bits per heavy atom. The number of rotatable bonds is 9. The number of ether oxygens (including phenoxy) is 5. The highest BCUT2D eigenvalue weighted by Gasteiger charge is 2.23. The molecule has 0 spiro atoms. The number of halogens is 1. The Balaban J connectivity index is 1.31. The predicted octanol–water partition coefficient (Wildman–Crippen LogP) is 4.71. The fraction of sp³-hybridized carbons (Fsp3) is 0.385. The van der Waals surface area contributed by atoms with Crippen LogP contribution in [0.5, 0.6) is 28.9 Å². The fourth-order valence-corrected chi connectivity index (χ4v) is 4.57. The van der Waals surface area contributed by atoms with Gasteiger partial charge in [0.2, 0.25) is 5.88 Å². The summed E-state index contributed by atoms with van der Waals surface area (Å²) in [6.45, 7) is 5.56. The summed E-state index contributed by atoms with van der Waals surface area (Å²) in [6.07, 6.45) is 2.35. The Hall–Kier alpha value is -3.47. The molecule has 11 heteroatoms. The summed E-state index contributed by atoms with van der Waals surface area (Å²) in [5.74, 6) is 3.35. The molecule has 2 aromatic carbocycles. The van der Waals surface area contributed by atoms with Crippen molar-refractivity contribution in [3.63, 3.8) is 0 Å². The maximum atomic E-state index is 6.29. The summed E-state index contributed by atoms with van der Waals surface area (Å²) >= 11 is 6.29. The number of methoxy groups -OCH3 is 2. The lowest BCUT2D eigenvalue weighted by Gasteiger charge is -2.26. The highest BCUT2D eigenvalue weighted by atomic mass is 35.5. The van der Waals surface area contributed by atoms with Gasteiger partial charge in [-0.05, 0) is 24.6 Å². The first-order valence-electron chi connectivity index (χ1n) is 12.2. The predicted molar refractivity (Wildman–Crippen MR) is 141 cm³/mol. The van der Waals surface area contributed by atoms with Crippen LogP contribution in [0.3, 0.4) is 0 Å². The molecular formula is C26H30ClN5O5. The minimum absolute atomic E-state index is 0.387. The molecule has 2 aliphatic heterocycles. The molecule has 1 fully saturated rings. The maximum absolute atomic E-state index is 6.29. The first-order chi connectivity index (χ1) is 18.2. The van der Waals surface area contributed by atoms with Gasteiger partial charge in [0.1, 0.15) is 17.8 Å². The topological polar surface area (TPSA) is 99.2 Å². The van der Waals surface area contributed by atoms with Gasteiger partial charge in [0.25, 0.3) is 0 Å². The van der Waals surface area contributed by atoms with E-state index in [1.807, 2.05) is 24.3 Å². The van der Waals surface area contributed by atoms with E-state index in [4.69, 9.17) is 35.3 Å². The van der Waals surface area contributed by atoms with Crippen molar-refractivity contribution in [1.82, 2.24) is 14.9 Å². The van der Waals surface area contributed by atoms with Crippen LogP contribution in [0.2, 0.25) is 5.02 Å². The van der Waals surface area contributed by atoms with Crippen LogP contribution in [-0.2, 0) is 11.3 Å². The zero-order valence-corrected chi connectivity index (χ0v) is 21.6. The number of nitrogens with one attached hydrogen (secondary N) is 2. The number of para-hydroxylation sites is 1. The Labute approximate surface area is 220 Å². The Bertz CT molecular complexity index is 1240. The molecule has 1 aromatic heterocycles. The van der Waals surface area contributed by atoms with Gasteiger partial charge in [0, 0.05) is 37.8 Å². The number of benzene rings is 2. The second-order valence-corrected chi connectivity index (χ2v) is 8.98. The van der Waals surface area contributed by atoms with E-state index in [9.17, 15) is 0 Å². The van der Waals surface area contributed by atoms with Gasteiger partial charge in [-0.15, -0.1) is 0 Å². The zero-order valence-electron chi connectivity index (χ0n) is 20.9. The van der Waals surface area contributed by atoms with E-state index in [0.717, 1.165) is 44.8 Å². The molecule has 0 saturated carbocycles. The van der Waals surface area contributed by atoms with E-state index in [1.54, 1.807) is 20.3 Å². The molecule has 0 bridgehead atoms. The quantitative estimate of drug-likeness (QED) is 0.380. The van der Waals surface area contributed by atoms with Crippen molar-refractivity contribution < 1.29 is 23.7 Å². The third-order valence-electron chi connectivity index (χ3n) is 6.23. The third-order valence-corrected chi connectivity index (χ3v) is 6.52. The summed E-state index contributed by atoms with van der Waals surface area (Å²) in [6, 6.07) is 9.24. The second kappa shape index (κ2) is 11.7. The largest absolute Gasteiger partial charge is 0.493 e. The zero-order chi connectivity index (χ0) is 25.6. The van der Waals surface area contributed by atoms with E-state index < -0.39 is 0 Å². The number of aromatic nitrogens is 2. The average Bonchev–Trinajstić information content (AvgIpc) is 3.10. The number of hydrogen-bond acceptors (Lipinski definition) is 10. The minimum Gasteiger partial charge on any atom is -0.493 e. The van der Waals surface area contributed by atoms with Gasteiger partial charge in [-0.25, -0.2) is 4.98 Å². The standard InChI is InChI=1S/C26H30ClN5O5/c1-33-21-14-20-17(13-22(21)36-10-4-7-32-8-11-35-12-9-32)15-28-23-25(29-16-30-26(23)37-20)31-19-6-3-5-18(27)24(19)34-2/h3,5-6,13-14,16,28H,4,7-12,15H2,1-2H3,(H,29,30,31). The van der Waals surface area contributed by atoms with Gasteiger partial charge in [0.05, 0.1) is 44.8 Å². The van der Waals surface area contributed by atoms with Crippen molar-refractivity contribution in [2.24, 2.45) is 0 Å². The molecule has 0 aliphatic carbocycles. The Morgan fingerprint density at radius 2 is 1.97 bits per heavy atom. The van der Waals surface area contributed by atoms with E-state index in [2.05, 4.69) is 25.5 Å². The van der Waals surface area contributed by atoms with Gasteiger partial charge >= 0.3 is 0 Å². The number of morpholine rings is 1. The van der Waals surface area contributed by atoms with Crippen LogP contribution in [0.4, 0.5) is 17.2 Å². The molecule has 0 radical (unpaired) electrons. The van der Waals surface area contributed by atoms with Crippen LogP contribution >= 0.6 is 11.6 Å². The summed E-state index contributed by atoms with van der Waals surface area (Å²) in [7, 11) is 3.19. The highest BCUT2D eigenvalue weighted by Crippen LogP contribution is 2.43. The van der Waals surface area contributed by atoms with Gasteiger partial charge in [-0.1, -0.05) is 17.7 Å². The molecule has 10 nitrogen and oxygen atoms in total. The molecule has 0 unspecified atom stereocenters. The SMILES string of the molecule is COc1cc2c(cc1OCCCN1CCOCC1)CNc1c(Nc3cccc(Cl)c3OC)ncnc1O2. The van der Waals surface area contributed by atoms with Crippen LogP contribution in [0.1, 0.15) is 12.0 Å². The lowest BCUT2D eigenvalue weighted by Crippen LogP contribution is -2.37. The Kier molecular flexibility index (Phi) is 7.98. The molecule has 196 valence electrons. The summed E-state index contributed by atoms with van der Waals surface area (Å²) in [5.41, 5.74) is 2.20. The van der Waals surface area contributed by atoms with Gasteiger partial charge in [-0.3, -0.25) is 4.90 Å². The molecule has 5 rings (SSSR count). The van der Waals surface area contributed by atoms with Crippen molar-refractivity contribution in [3.8, 4) is 28.9 Å². The molecule has 2 N–H and O–H groups in total. The lowest BCUT2D eigenvalue weighted by molar-refractivity contribution is 0.0357. The van der Waals surface area contributed by atoms with Crippen molar-refractivity contribution in [1.29, 1.82) is 0 Å². The average molecular weight is 528 g/mol. The smallest absolute Gasteiger partial charge is 0.248 e. The van der Waals surface area contributed by atoms with E-state index in [1.165, 1.54) is 6.33 Å². The fourth-order valence-electron chi connectivity index (χ4n) is 4.31. The first kappa shape index (κ1) is 25.2. The van der Waals surface area contributed by atoms with Crippen molar-refractivity contribution in [2.45, 2.75) is 13.0 Å². The normalized spacial score (nSPS) is 14.9. The number of anilines is 3. The molecule has 2 aliphatic rings. The van der Waals surface area contributed by atoms with Gasteiger partial charge < -0.3 is 34.3 Å². The summed E-state index contributed by atoms with van der Waals surface area (Å²) in [5, 5.41) is 7.17. The van der Waals surface area contributed by atoms with E-state index in [-0.39, 0.29) is 0 Å². The van der Waals surface area contributed by atoms with Gasteiger partial charge in [-0.2, -0.15) is 4.98 Å². The summed E-state index contributed by atoms with van der Waals surface area (Å²) in [4.78, 5) is 11.1. The van der Waals surface area contributed by atoms with E-state index >= 15 is 0 Å². The molecule has 0 amide bonds. The summed E-state index contributed by atoms with van der Waals surface area (Å²) < 4.78 is 28.8. The van der Waals surface area contributed by atoms with Gasteiger partial charge in [0.15, 0.2) is 23.1 Å². The third kappa shape index (κ3) is 5.76. The van der Waals surface area contributed by atoms with Crippen LogP contribution in [-0.4, -0.2) is 68.5 Å². The molecular weight excluding hydrogens is 498 g/mol. The number of fused-ring (bicyclic) bond motifs is 2. The van der Waals surface area contributed by atoms with Crippen LogP contribution in [0.25, 0.3) is 0 Å². The molecule has 37 heavy (non-hydrogen) atoms. The van der Waals surface area contributed by atoms with Crippen molar-refractivity contribution in [3.05, 3.63) is 47.2 Å². The number of hydrogen-bond donors (Lipinski definition) is 2. The monoisotopic (exact) mass is 527 g/mol. The van der Waals surface area contributed by atoms with Crippen molar-refractivity contribution in [2.75, 3.05) is 64.3 Å². The van der Waals surface area contributed by atoms with Crippen LogP contribution < -0.4 is 29.6 Å². The lowest BCUT2D eigenvalue weighted by atomic mass is 10.1. The molecule has 3 heterocycles.